The van der Waals surface area contributed by atoms with Crippen LogP contribution in [0.1, 0.15) is 42.1 Å². The number of hydrogen-bond donors (Lipinski definition) is 3. The predicted molar refractivity (Wildman–Crippen MR) is 169 cm³/mol. The van der Waals surface area contributed by atoms with E-state index in [9.17, 15) is 29.1 Å². The van der Waals surface area contributed by atoms with Crippen molar-refractivity contribution in [3.63, 3.8) is 0 Å². The molecule has 46 heavy (non-hydrogen) atoms. The summed E-state index contributed by atoms with van der Waals surface area (Å²) < 4.78 is 5.89. The summed E-state index contributed by atoms with van der Waals surface area (Å²) in [6.07, 6.45) is -0.716. The van der Waals surface area contributed by atoms with Crippen molar-refractivity contribution in [1.29, 1.82) is 0 Å². The molecule has 0 radical (unpaired) electrons. The molecule has 3 aliphatic rings. The van der Waals surface area contributed by atoms with Crippen LogP contribution in [0.2, 0.25) is 5.02 Å². The summed E-state index contributed by atoms with van der Waals surface area (Å²) in [5.74, 6) is -2.39. The fourth-order valence-corrected chi connectivity index (χ4v) is 6.44. The first-order valence-electron chi connectivity index (χ1n) is 15.6. The van der Waals surface area contributed by atoms with Crippen molar-refractivity contribution in [1.82, 2.24) is 25.3 Å². The topological polar surface area (TPSA) is 149 Å². The molecule has 12 nitrogen and oxygen atoms in total. The van der Waals surface area contributed by atoms with Gasteiger partial charge in [0.25, 0.3) is 5.91 Å². The fourth-order valence-electron chi connectivity index (χ4n) is 6.25. The summed E-state index contributed by atoms with van der Waals surface area (Å²) in [5, 5.41) is 17.4. The summed E-state index contributed by atoms with van der Waals surface area (Å²) in [6, 6.07) is 12.0. The number of nitrogens with one attached hydrogen (secondary N) is 2. The number of aliphatic hydroxyl groups excluding tert-OH is 1. The average molecular weight is 654 g/mol. The van der Waals surface area contributed by atoms with Crippen molar-refractivity contribution in [2.45, 2.75) is 69.0 Å². The number of halogens is 1. The van der Waals surface area contributed by atoms with Gasteiger partial charge in [-0.3, -0.25) is 24.0 Å². The second kappa shape index (κ2) is 14.6. The number of fused-ring (bicyclic) bond motifs is 3. The molecule has 13 heteroatoms. The van der Waals surface area contributed by atoms with Gasteiger partial charge >= 0.3 is 0 Å². The number of ether oxygens (including phenoxy) is 1. The minimum Gasteiger partial charge on any atom is -0.388 e. The van der Waals surface area contributed by atoms with E-state index in [1.54, 1.807) is 25.1 Å². The molecule has 0 unspecified atom stereocenters. The van der Waals surface area contributed by atoms with Crippen LogP contribution in [-0.2, 0) is 30.3 Å². The van der Waals surface area contributed by atoms with E-state index < -0.39 is 65.9 Å². The third-order valence-electron chi connectivity index (χ3n) is 9.05. The number of rotatable bonds is 3. The lowest BCUT2D eigenvalue weighted by Crippen LogP contribution is -2.60. The van der Waals surface area contributed by atoms with Crippen molar-refractivity contribution in [2.24, 2.45) is 0 Å². The van der Waals surface area contributed by atoms with Crippen LogP contribution >= 0.6 is 11.6 Å². The zero-order valence-corrected chi connectivity index (χ0v) is 26.7. The van der Waals surface area contributed by atoms with E-state index >= 15 is 0 Å². The van der Waals surface area contributed by atoms with Crippen LogP contribution < -0.4 is 10.6 Å². The molecule has 3 fully saturated rings. The van der Waals surface area contributed by atoms with Crippen LogP contribution in [0.3, 0.4) is 0 Å². The number of benzene rings is 2. The highest BCUT2D eigenvalue weighted by Crippen LogP contribution is 2.23. The summed E-state index contributed by atoms with van der Waals surface area (Å²) in [6.45, 7) is 1.53. The number of carbonyl (C=O) groups excluding carboxylic acids is 5. The second-order valence-corrected chi connectivity index (χ2v) is 12.6. The Balaban J connectivity index is 1.49. The van der Waals surface area contributed by atoms with Crippen LogP contribution in [0.5, 0.6) is 0 Å². The van der Waals surface area contributed by atoms with E-state index in [1.165, 1.54) is 27.8 Å². The maximum atomic E-state index is 13.8. The third kappa shape index (κ3) is 7.51. The van der Waals surface area contributed by atoms with Gasteiger partial charge in [0, 0.05) is 37.2 Å². The molecule has 246 valence electrons. The summed E-state index contributed by atoms with van der Waals surface area (Å²) in [5.41, 5.74) is 1.06. The average Bonchev–Trinajstić information content (AvgIpc) is 3.55. The molecule has 2 aromatic carbocycles. The second-order valence-electron chi connectivity index (χ2n) is 12.1. The van der Waals surface area contributed by atoms with Crippen molar-refractivity contribution in [3.05, 3.63) is 70.7 Å². The minimum absolute atomic E-state index is 0.155. The highest BCUT2D eigenvalue weighted by atomic mass is 35.5. The van der Waals surface area contributed by atoms with Crippen LogP contribution in [-0.4, -0.2) is 119 Å². The highest BCUT2D eigenvalue weighted by molar-refractivity contribution is 6.31. The first-order valence-corrected chi connectivity index (χ1v) is 16.0. The molecule has 5 amide bonds. The largest absolute Gasteiger partial charge is 0.388 e. The van der Waals surface area contributed by atoms with Gasteiger partial charge in [0.1, 0.15) is 36.9 Å². The lowest BCUT2D eigenvalue weighted by molar-refractivity contribution is -0.147. The van der Waals surface area contributed by atoms with Gasteiger partial charge in [-0.25, -0.2) is 0 Å². The zero-order valence-electron chi connectivity index (χ0n) is 25.9. The summed E-state index contributed by atoms with van der Waals surface area (Å²) >= 11 is 6.16. The SMILES string of the molecule is C[C@H]1C(=O)N[C@@H](Cc2ccccc2)C(=O)N[C@H]2CCO[C@H](CN(C(=O)c3cccc(Cl)c3)CC(=O)N3CCC[C@H]3C(=O)N1C)[C@H]2O. The smallest absolute Gasteiger partial charge is 0.254 e. The van der Waals surface area contributed by atoms with E-state index in [0.717, 1.165) is 5.56 Å². The number of aliphatic hydroxyl groups is 1. The van der Waals surface area contributed by atoms with E-state index in [0.29, 0.717) is 30.8 Å². The third-order valence-corrected chi connectivity index (χ3v) is 9.28. The first kappa shape index (κ1) is 33.4. The Hall–Kier alpha value is -4.00. The molecular weight excluding hydrogens is 614 g/mol. The molecule has 0 aromatic heterocycles. The van der Waals surface area contributed by atoms with E-state index in [-0.39, 0.29) is 31.7 Å². The molecule has 0 aliphatic carbocycles. The lowest BCUT2D eigenvalue weighted by atomic mass is 9.97. The Morgan fingerprint density at radius 1 is 1.02 bits per heavy atom. The number of amides is 5. The van der Waals surface area contributed by atoms with Gasteiger partial charge in [0.2, 0.25) is 23.6 Å². The molecule has 2 aromatic rings. The quantitative estimate of drug-likeness (QED) is 0.448. The Labute approximate surface area is 273 Å². The minimum atomic E-state index is -1.22. The van der Waals surface area contributed by atoms with Crippen LogP contribution in [0.25, 0.3) is 0 Å². The van der Waals surface area contributed by atoms with Gasteiger partial charge in [-0.2, -0.15) is 0 Å². The van der Waals surface area contributed by atoms with E-state index in [2.05, 4.69) is 10.6 Å². The summed E-state index contributed by atoms with van der Waals surface area (Å²) in [7, 11) is 1.50. The molecule has 3 aliphatic heterocycles. The molecule has 5 rings (SSSR count). The lowest BCUT2D eigenvalue weighted by Gasteiger charge is -2.38. The molecule has 0 saturated carbocycles. The molecule has 3 heterocycles. The van der Waals surface area contributed by atoms with Gasteiger partial charge in [-0.1, -0.05) is 48.0 Å². The van der Waals surface area contributed by atoms with Gasteiger partial charge in [0.15, 0.2) is 0 Å². The zero-order chi connectivity index (χ0) is 33.0. The fraction of sp³-hybridized carbons (Fsp3) is 0.485. The number of nitrogens with zero attached hydrogens (tertiary/aromatic N) is 3. The van der Waals surface area contributed by atoms with E-state index in [4.69, 9.17) is 16.3 Å². The van der Waals surface area contributed by atoms with Crippen LogP contribution in [0.4, 0.5) is 0 Å². The highest BCUT2D eigenvalue weighted by Gasteiger charge is 2.41. The normalized spacial score (nSPS) is 28.3. The van der Waals surface area contributed by atoms with Crippen molar-refractivity contribution in [3.8, 4) is 0 Å². The van der Waals surface area contributed by atoms with Gasteiger partial charge in [-0.15, -0.1) is 0 Å². The molecule has 6 atom stereocenters. The van der Waals surface area contributed by atoms with Gasteiger partial charge in [0.05, 0.1) is 12.6 Å². The molecule has 0 spiro atoms. The monoisotopic (exact) mass is 653 g/mol. The predicted octanol–water partition coefficient (Wildman–Crippen LogP) is 0.996. The maximum Gasteiger partial charge on any atom is 0.254 e. The molecular formula is C33H40ClN5O7. The summed E-state index contributed by atoms with van der Waals surface area (Å²) in [4.78, 5) is 72.5. The van der Waals surface area contributed by atoms with Crippen molar-refractivity contribution < 1.29 is 33.8 Å². The van der Waals surface area contributed by atoms with Crippen molar-refractivity contribution in [2.75, 3.05) is 33.3 Å². The number of hydrogen-bond acceptors (Lipinski definition) is 7. The molecule has 3 saturated heterocycles. The standard InChI is InChI=1S/C33H40ClN5O7/c1-20-30(42)36-25(16-21-8-4-3-5-9-21)31(43)35-24-13-15-46-27(29(24)41)18-38(32(44)22-10-6-11-23(34)17-22)19-28(40)39-14-7-12-26(39)33(45)37(20)2/h3-6,8-11,17,20,24-27,29,41H,7,12-16,18-19H2,1-2H3,(H,35,43)(H,36,42)/t20-,24-,25-,26-,27+,29-/m0/s1. The van der Waals surface area contributed by atoms with Crippen LogP contribution in [0.15, 0.2) is 54.6 Å². The van der Waals surface area contributed by atoms with Gasteiger partial charge in [-0.05, 0) is 49.9 Å². The number of likely N-dealkylation sites (N-methyl/N-ethyl adjacent to an activating group) is 1. The van der Waals surface area contributed by atoms with Gasteiger partial charge < -0.3 is 35.2 Å². The first-order chi connectivity index (χ1) is 22.0. The Morgan fingerprint density at radius 2 is 1.78 bits per heavy atom. The number of carbonyl (C=O) groups is 5. The van der Waals surface area contributed by atoms with Crippen LogP contribution in [0, 0.1) is 0 Å². The Kier molecular flexibility index (Phi) is 10.6. The van der Waals surface area contributed by atoms with Crippen molar-refractivity contribution >= 4 is 41.1 Å². The maximum absolute atomic E-state index is 13.8. The molecule has 2 bridgehead atoms. The van der Waals surface area contributed by atoms with E-state index in [1.807, 2.05) is 30.3 Å². The molecule has 3 N–H and O–H groups in total. The Morgan fingerprint density at radius 3 is 2.52 bits per heavy atom. The Bertz CT molecular complexity index is 1460.